The monoisotopic (exact) mass is 225 g/mol. The zero-order chi connectivity index (χ0) is 10.9. The van der Waals surface area contributed by atoms with Gasteiger partial charge in [-0.05, 0) is 17.7 Å². The molecule has 0 radical (unpaired) electrons. The summed E-state index contributed by atoms with van der Waals surface area (Å²) < 4.78 is 37.2. The van der Waals surface area contributed by atoms with E-state index >= 15 is 0 Å². The maximum absolute atomic E-state index is 12.4. The summed E-state index contributed by atoms with van der Waals surface area (Å²) >= 11 is 5.40. The molecule has 14 heavy (non-hydrogen) atoms. The first-order valence-electron chi connectivity index (χ1n) is 3.86. The van der Waals surface area contributed by atoms with Crippen LogP contribution < -0.4 is 4.73 Å². The lowest BCUT2D eigenvalue weighted by atomic mass is 10.1. The third kappa shape index (κ3) is 1.92. The third-order valence-corrected chi connectivity index (χ3v) is 2.06. The van der Waals surface area contributed by atoms with E-state index in [1.54, 1.807) is 0 Å². The molecule has 1 heterocycles. The zero-order valence-electron chi connectivity index (χ0n) is 7.23. The van der Waals surface area contributed by atoms with Crippen molar-refractivity contribution in [1.29, 1.82) is 0 Å². The molecular weight excluding hydrogens is 219 g/mol. The maximum atomic E-state index is 12.4. The Hall–Kier alpha value is -0.970. The molecule has 0 N–H and O–H groups in total. The fourth-order valence-electron chi connectivity index (χ4n) is 1.15. The summed E-state index contributed by atoms with van der Waals surface area (Å²) in [4.78, 5) is 0. The van der Waals surface area contributed by atoms with Crippen LogP contribution in [0, 0.1) is 5.21 Å². The van der Waals surface area contributed by atoms with Crippen LogP contribution in [0.4, 0.5) is 13.2 Å². The molecule has 6 heteroatoms. The normalized spacial score (nSPS) is 11.8. The van der Waals surface area contributed by atoms with Gasteiger partial charge in [-0.3, -0.25) is 0 Å². The van der Waals surface area contributed by atoms with Crippen molar-refractivity contribution in [3.63, 3.8) is 0 Å². The van der Waals surface area contributed by atoms with E-state index in [2.05, 4.69) is 0 Å². The Kier molecular flexibility index (Phi) is 2.89. The molecule has 0 aliphatic heterocycles. The molecule has 0 bridgehead atoms. The van der Waals surface area contributed by atoms with Crippen LogP contribution in [0.25, 0.3) is 0 Å². The van der Waals surface area contributed by atoms with Crippen LogP contribution in [0.2, 0.25) is 5.15 Å². The highest BCUT2D eigenvalue weighted by Gasteiger charge is 2.37. The molecule has 1 aromatic rings. The number of halogens is 4. The number of alkyl halides is 3. The van der Waals surface area contributed by atoms with Crippen molar-refractivity contribution in [3.8, 4) is 0 Å². The van der Waals surface area contributed by atoms with Crippen LogP contribution >= 0.6 is 11.6 Å². The molecule has 0 atom stereocenters. The van der Waals surface area contributed by atoms with Crippen molar-refractivity contribution in [1.82, 2.24) is 0 Å². The predicted octanol–water partition coefficient (Wildman–Crippen LogP) is 2.55. The highest BCUT2D eigenvalue weighted by Crippen LogP contribution is 2.31. The number of aromatic nitrogens is 1. The summed E-state index contributed by atoms with van der Waals surface area (Å²) in [6, 6.07) is 1.76. The van der Waals surface area contributed by atoms with Gasteiger partial charge in [0.05, 0.1) is 0 Å². The Morgan fingerprint density at radius 3 is 2.43 bits per heavy atom. The standard InChI is InChI=1S/C8H7ClF3NO/c1-2-6-5(8(10,11)12)3-4-7(9)13(6)14/h3-4H,2H2,1H3. The van der Waals surface area contributed by atoms with Crippen molar-refractivity contribution in [2.75, 3.05) is 0 Å². The highest BCUT2D eigenvalue weighted by molar-refractivity contribution is 6.28. The molecule has 0 fully saturated rings. The van der Waals surface area contributed by atoms with Crippen molar-refractivity contribution in [2.24, 2.45) is 0 Å². The number of hydrogen-bond donors (Lipinski definition) is 0. The van der Waals surface area contributed by atoms with E-state index in [9.17, 15) is 18.4 Å². The van der Waals surface area contributed by atoms with Gasteiger partial charge >= 0.3 is 6.18 Å². The highest BCUT2D eigenvalue weighted by atomic mass is 35.5. The molecule has 0 spiro atoms. The molecule has 1 aromatic heterocycles. The molecule has 0 aliphatic rings. The second-order valence-electron chi connectivity index (χ2n) is 2.66. The average Bonchev–Trinajstić information content (AvgIpc) is 2.07. The summed E-state index contributed by atoms with van der Waals surface area (Å²) in [6.45, 7) is 1.47. The van der Waals surface area contributed by atoms with Crippen LogP contribution in [0.1, 0.15) is 18.2 Å². The van der Waals surface area contributed by atoms with Gasteiger partial charge in [0, 0.05) is 12.5 Å². The topological polar surface area (TPSA) is 26.9 Å². The van der Waals surface area contributed by atoms with Crippen LogP contribution in [-0.4, -0.2) is 0 Å². The van der Waals surface area contributed by atoms with Gasteiger partial charge in [0.2, 0.25) is 5.69 Å². The van der Waals surface area contributed by atoms with E-state index in [0.717, 1.165) is 12.1 Å². The first-order valence-corrected chi connectivity index (χ1v) is 4.24. The van der Waals surface area contributed by atoms with Crippen LogP contribution in [0.3, 0.4) is 0 Å². The van der Waals surface area contributed by atoms with Crippen LogP contribution in [0.5, 0.6) is 0 Å². The molecule has 1 rings (SSSR count). The SMILES string of the molecule is CCc1c(C(F)(F)F)ccc(Cl)[n+]1[O-]. The molecule has 0 saturated carbocycles. The van der Waals surface area contributed by atoms with E-state index < -0.39 is 11.7 Å². The average molecular weight is 226 g/mol. The molecule has 0 unspecified atom stereocenters. The number of rotatable bonds is 1. The molecule has 78 valence electrons. The Balaban J connectivity index is 3.39. The number of pyridine rings is 1. The molecular formula is C8H7ClF3NO. The first kappa shape index (κ1) is 11.1. The van der Waals surface area contributed by atoms with E-state index in [-0.39, 0.29) is 22.0 Å². The summed E-state index contributed by atoms with van der Waals surface area (Å²) in [5.74, 6) is 0. The smallest absolute Gasteiger partial charge is 0.422 e. The lowest BCUT2D eigenvalue weighted by Crippen LogP contribution is -2.36. The van der Waals surface area contributed by atoms with Crippen molar-refractivity contribution in [2.45, 2.75) is 19.5 Å². The molecule has 0 aromatic carbocycles. The van der Waals surface area contributed by atoms with Crippen LogP contribution in [-0.2, 0) is 12.6 Å². The number of nitrogens with zero attached hydrogens (tertiary/aromatic N) is 1. The van der Waals surface area contributed by atoms with E-state index in [0.29, 0.717) is 0 Å². The van der Waals surface area contributed by atoms with E-state index in [1.165, 1.54) is 6.92 Å². The fraction of sp³-hybridized carbons (Fsp3) is 0.375. The minimum Gasteiger partial charge on any atom is -0.617 e. The quantitative estimate of drug-likeness (QED) is 0.410. The molecule has 0 aliphatic carbocycles. The summed E-state index contributed by atoms with van der Waals surface area (Å²) in [6.07, 6.45) is -4.53. The molecule has 2 nitrogen and oxygen atoms in total. The van der Waals surface area contributed by atoms with E-state index in [1.807, 2.05) is 0 Å². The predicted molar refractivity (Wildman–Crippen MR) is 44.8 cm³/mol. The summed E-state index contributed by atoms with van der Waals surface area (Å²) in [5.41, 5.74) is -1.29. The van der Waals surface area contributed by atoms with Gasteiger partial charge in [-0.2, -0.15) is 17.9 Å². The second kappa shape index (κ2) is 3.65. The largest absolute Gasteiger partial charge is 0.617 e. The van der Waals surface area contributed by atoms with Crippen molar-refractivity contribution in [3.05, 3.63) is 33.8 Å². The van der Waals surface area contributed by atoms with Gasteiger partial charge in [-0.15, -0.1) is 0 Å². The maximum Gasteiger partial charge on any atom is 0.422 e. The Morgan fingerprint density at radius 1 is 1.43 bits per heavy atom. The zero-order valence-corrected chi connectivity index (χ0v) is 7.99. The summed E-state index contributed by atoms with van der Waals surface area (Å²) in [5, 5.41) is 10.9. The van der Waals surface area contributed by atoms with Crippen LogP contribution in [0.15, 0.2) is 12.1 Å². The van der Waals surface area contributed by atoms with Gasteiger partial charge in [0.25, 0.3) is 5.15 Å². The molecule has 0 amide bonds. The summed E-state index contributed by atoms with van der Waals surface area (Å²) in [7, 11) is 0. The second-order valence-corrected chi connectivity index (χ2v) is 3.05. The van der Waals surface area contributed by atoms with Gasteiger partial charge < -0.3 is 5.21 Å². The van der Waals surface area contributed by atoms with Gasteiger partial charge in [0.1, 0.15) is 5.56 Å². The fourth-order valence-corrected chi connectivity index (χ4v) is 1.31. The molecule has 0 saturated heterocycles. The lowest BCUT2D eigenvalue weighted by Gasteiger charge is -2.11. The Bertz CT molecular complexity index is 351. The minimum atomic E-state index is -4.51. The van der Waals surface area contributed by atoms with Gasteiger partial charge in [0.15, 0.2) is 0 Å². The third-order valence-electron chi connectivity index (χ3n) is 1.78. The first-order chi connectivity index (χ1) is 6.38. The number of hydrogen-bond acceptors (Lipinski definition) is 1. The minimum absolute atomic E-state index is 0.0150. The van der Waals surface area contributed by atoms with Gasteiger partial charge in [-0.1, -0.05) is 6.92 Å². The Morgan fingerprint density at radius 2 is 2.00 bits per heavy atom. The Labute approximate surface area is 83.5 Å². The lowest BCUT2D eigenvalue weighted by molar-refractivity contribution is -0.612. The van der Waals surface area contributed by atoms with E-state index in [4.69, 9.17) is 11.6 Å². The van der Waals surface area contributed by atoms with Crippen molar-refractivity contribution < 1.29 is 17.9 Å². The van der Waals surface area contributed by atoms with Crippen molar-refractivity contribution >= 4 is 11.6 Å². The van der Waals surface area contributed by atoms with Gasteiger partial charge in [-0.25, -0.2) is 0 Å².